The van der Waals surface area contributed by atoms with Crippen LogP contribution in [0.15, 0.2) is 48.5 Å². The van der Waals surface area contributed by atoms with Crippen LogP contribution < -0.4 is 5.32 Å². The third-order valence-electron chi connectivity index (χ3n) is 8.11. The van der Waals surface area contributed by atoms with E-state index in [0.29, 0.717) is 18.5 Å². The van der Waals surface area contributed by atoms with Crippen LogP contribution >= 0.6 is 11.8 Å². The van der Waals surface area contributed by atoms with Crippen molar-refractivity contribution in [3.05, 3.63) is 65.2 Å². The second-order valence-electron chi connectivity index (χ2n) is 10.4. The van der Waals surface area contributed by atoms with E-state index in [1.807, 2.05) is 62.4 Å². The fraction of sp³-hybridized carbons (Fsp3) is 0.483. The van der Waals surface area contributed by atoms with Crippen molar-refractivity contribution in [3.8, 4) is 0 Å². The lowest BCUT2D eigenvalue weighted by Crippen LogP contribution is -2.55. The van der Waals surface area contributed by atoms with Gasteiger partial charge in [-0.3, -0.25) is 14.4 Å². The molecule has 0 aliphatic carbocycles. The van der Waals surface area contributed by atoms with Gasteiger partial charge in [-0.25, -0.2) is 0 Å². The maximum atomic E-state index is 14.2. The van der Waals surface area contributed by atoms with E-state index in [2.05, 4.69) is 5.32 Å². The number of amides is 2. The van der Waals surface area contributed by atoms with Crippen LogP contribution in [0.25, 0.3) is 0 Å². The summed E-state index contributed by atoms with van der Waals surface area (Å²) in [4.78, 5) is 42.9. The minimum Gasteiger partial charge on any atom is -0.466 e. The lowest BCUT2D eigenvalue weighted by Gasteiger charge is -2.37. The third-order valence-corrected chi connectivity index (χ3v) is 10.1. The Labute approximate surface area is 222 Å². The molecule has 1 spiro atoms. The highest BCUT2D eigenvalue weighted by Crippen LogP contribution is 2.66. The molecular formula is C29H34N2O5S. The molecule has 7 nitrogen and oxygen atoms in total. The quantitative estimate of drug-likeness (QED) is 0.516. The summed E-state index contributed by atoms with van der Waals surface area (Å²) in [6, 6.07) is 14.1. The van der Waals surface area contributed by atoms with Gasteiger partial charge >= 0.3 is 5.97 Å². The number of nitrogens with one attached hydrogen (secondary N) is 1. The molecule has 6 atom stereocenters. The van der Waals surface area contributed by atoms with Crippen LogP contribution in [0.4, 0.5) is 5.69 Å². The number of aliphatic hydroxyl groups excluding tert-OH is 1. The second-order valence-corrected chi connectivity index (χ2v) is 12.0. The SMILES string of the molecule is CCOC(=O)[C@@H]1[C@H]2C(=O)N([C@@H](CO)Cc3ccccc3)C(C(=O)Nc3cc(C)ccc3C)C23CC[C@H]1S3. The van der Waals surface area contributed by atoms with Crippen LogP contribution in [0.3, 0.4) is 0 Å². The number of thioether (sulfide) groups is 1. The van der Waals surface area contributed by atoms with Crippen molar-refractivity contribution in [2.75, 3.05) is 18.5 Å². The Bertz CT molecular complexity index is 1200. The number of likely N-dealkylation sites (tertiary alicyclic amines) is 1. The molecule has 8 heteroatoms. The molecule has 2 aromatic rings. The predicted molar refractivity (Wildman–Crippen MR) is 143 cm³/mol. The minimum atomic E-state index is -0.805. The normalized spacial score (nSPS) is 28.8. The third kappa shape index (κ3) is 4.34. The molecule has 2 amide bonds. The standard InChI is InChI=1S/C29H34N2O5S/c1-4-36-28(35)23-22-12-13-29(37-22)24(23)27(34)31(20(16-32)15-19-8-6-5-7-9-19)25(29)26(33)30-21-14-17(2)10-11-18(21)3/h5-11,14,20,22-25,32H,4,12-13,15-16H2,1-3H3,(H,30,33)/t20-,22-,23+,24+,25?,29?/m1/s1. The molecule has 2 N–H and O–H groups in total. The Morgan fingerprint density at radius 1 is 1.22 bits per heavy atom. The van der Waals surface area contributed by atoms with Crippen molar-refractivity contribution in [1.82, 2.24) is 4.90 Å². The highest BCUT2D eigenvalue weighted by atomic mass is 32.2. The van der Waals surface area contributed by atoms with Gasteiger partial charge in [0.2, 0.25) is 11.8 Å². The molecule has 196 valence electrons. The van der Waals surface area contributed by atoms with Gasteiger partial charge in [-0.1, -0.05) is 42.5 Å². The largest absolute Gasteiger partial charge is 0.466 e. The topological polar surface area (TPSA) is 95.9 Å². The van der Waals surface area contributed by atoms with Gasteiger partial charge in [0.1, 0.15) is 6.04 Å². The molecule has 3 saturated heterocycles. The summed E-state index contributed by atoms with van der Waals surface area (Å²) < 4.78 is 4.67. The number of nitrogens with zero attached hydrogens (tertiary/aromatic N) is 1. The zero-order valence-electron chi connectivity index (χ0n) is 21.5. The monoisotopic (exact) mass is 522 g/mol. The summed E-state index contributed by atoms with van der Waals surface area (Å²) in [7, 11) is 0. The molecule has 5 rings (SSSR count). The highest BCUT2D eigenvalue weighted by molar-refractivity contribution is 8.02. The molecule has 3 fully saturated rings. The summed E-state index contributed by atoms with van der Waals surface area (Å²) in [5, 5.41) is 13.6. The van der Waals surface area contributed by atoms with E-state index in [1.165, 1.54) is 0 Å². The van der Waals surface area contributed by atoms with Crippen molar-refractivity contribution in [2.24, 2.45) is 11.8 Å². The van der Waals surface area contributed by atoms with E-state index in [9.17, 15) is 19.5 Å². The molecule has 3 aliphatic rings. The van der Waals surface area contributed by atoms with Crippen LogP contribution in [0.5, 0.6) is 0 Å². The van der Waals surface area contributed by atoms with Crippen LogP contribution in [0, 0.1) is 25.7 Å². The smallest absolute Gasteiger partial charge is 0.310 e. The van der Waals surface area contributed by atoms with Gasteiger partial charge < -0.3 is 20.1 Å². The number of carbonyl (C=O) groups is 3. The Hall–Kier alpha value is -2.84. The summed E-state index contributed by atoms with van der Waals surface area (Å²) >= 11 is 1.60. The van der Waals surface area contributed by atoms with Crippen LogP contribution in [0.2, 0.25) is 0 Å². The van der Waals surface area contributed by atoms with Crippen LogP contribution in [-0.4, -0.2) is 63.1 Å². The van der Waals surface area contributed by atoms with Crippen molar-refractivity contribution in [1.29, 1.82) is 0 Å². The first-order valence-corrected chi connectivity index (χ1v) is 13.9. The van der Waals surface area contributed by atoms with Crippen LogP contribution in [0.1, 0.15) is 36.5 Å². The van der Waals surface area contributed by atoms with Crippen LogP contribution in [-0.2, 0) is 25.5 Å². The van der Waals surface area contributed by atoms with Crippen molar-refractivity contribution in [2.45, 2.75) is 62.1 Å². The molecule has 0 radical (unpaired) electrons. The molecule has 2 unspecified atom stereocenters. The first-order chi connectivity index (χ1) is 17.8. The Balaban J connectivity index is 1.55. The van der Waals surface area contributed by atoms with E-state index in [0.717, 1.165) is 23.1 Å². The van der Waals surface area contributed by atoms with Gasteiger partial charge in [0.15, 0.2) is 0 Å². The fourth-order valence-electron chi connectivity index (χ4n) is 6.50. The van der Waals surface area contributed by atoms with E-state index >= 15 is 0 Å². The molecule has 3 aliphatic heterocycles. The molecule has 2 bridgehead atoms. The summed E-state index contributed by atoms with van der Waals surface area (Å²) in [5.74, 6) is -2.09. The summed E-state index contributed by atoms with van der Waals surface area (Å²) in [5.41, 5.74) is 3.63. The average Bonchev–Trinajstić information content (AvgIpc) is 3.53. The number of rotatable bonds is 8. The Kier molecular flexibility index (Phi) is 7.07. The number of hydrogen-bond donors (Lipinski definition) is 2. The number of fused-ring (bicyclic) bond motifs is 1. The Morgan fingerprint density at radius 2 is 1.97 bits per heavy atom. The second kappa shape index (κ2) is 10.1. The maximum Gasteiger partial charge on any atom is 0.310 e. The van der Waals surface area contributed by atoms with E-state index < -0.39 is 28.7 Å². The number of anilines is 1. The number of ether oxygens (including phenoxy) is 1. The van der Waals surface area contributed by atoms with Crippen molar-refractivity contribution >= 4 is 35.2 Å². The van der Waals surface area contributed by atoms with Gasteiger partial charge in [-0.05, 0) is 62.8 Å². The summed E-state index contributed by atoms with van der Waals surface area (Å²) in [6.07, 6.45) is 1.83. The van der Waals surface area contributed by atoms with Gasteiger partial charge in [-0.15, -0.1) is 11.8 Å². The van der Waals surface area contributed by atoms with Gasteiger partial charge in [0, 0.05) is 10.9 Å². The zero-order valence-corrected chi connectivity index (χ0v) is 22.3. The summed E-state index contributed by atoms with van der Waals surface area (Å²) in [6.45, 7) is 5.63. The van der Waals surface area contributed by atoms with E-state index in [4.69, 9.17) is 4.74 Å². The first-order valence-electron chi connectivity index (χ1n) is 13.0. The van der Waals surface area contributed by atoms with Gasteiger partial charge in [0.25, 0.3) is 0 Å². The average molecular weight is 523 g/mol. The number of hydrogen-bond acceptors (Lipinski definition) is 6. The van der Waals surface area contributed by atoms with Gasteiger partial charge in [0.05, 0.1) is 35.8 Å². The van der Waals surface area contributed by atoms with Gasteiger partial charge in [-0.2, -0.15) is 0 Å². The number of benzene rings is 2. The van der Waals surface area contributed by atoms with Crippen molar-refractivity contribution < 1.29 is 24.2 Å². The van der Waals surface area contributed by atoms with E-state index in [-0.39, 0.29) is 36.2 Å². The lowest BCUT2D eigenvalue weighted by atomic mass is 9.71. The van der Waals surface area contributed by atoms with Crippen molar-refractivity contribution in [3.63, 3.8) is 0 Å². The highest BCUT2D eigenvalue weighted by Gasteiger charge is 2.74. The number of aliphatic hydroxyl groups is 1. The minimum absolute atomic E-state index is 0.0483. The molecule has 3 heterocycles. The first kappa shape index (κ1) is 25.8. The fourth-order valence-corrected chi connectivity index (χ4v) is 8.69. The predicted octanol–water partition coefficient (Wildman–Crippen LogP) is 3.50. The molecule has 37 heavy (non-hydrogen) atoms. The number of aryl methyl sites for hydroxylation is 2. The molecule has 2 aromatic carbocycles. The Morgan fingerprint density at radius 3 is 2.68 bits per heavy atom. The molecule has 0 saturated carbocycles. The van der Waals surface area contributed by atoms with E-state index in [1.54, 1.807) is 23.6 Å². The number of esters is 1. The lowest BCUT2D eigenvalue weighted by molar-refractivity contribution is -0.154. The molecular weight excluding hydrogens is 488 g/mol. The maximum absolute atomic E-state index is 14.2. The molecule has 0 aromatic heterocycles. The number of carbonyl (C=O) groups excluding carboxylic acids is 3. The zero-order chi connectivity index (χ0) is 26.3.